The lowest BCUT2D eigenvalue weighted by atomic mass is 10.0. The van der Waals surface area contributed by atoms with Crippen LogP contribution in [0.15, 0.2) is 96.2 Å². The quantitative estimate of drug-likeness (QED) is 0.294. The van der Waals surface area contributed by atoms with Gasteiger partial charge in [0.2, 0.25) is 5.91 Å². The number of benzene rings is 3. The number of amides is 1. The molecule has 0 radical (unpaired) electrons. The molecule has 5 rings (SSSR count). The van der Waals surface area contributed by atoms with Crippen LogP contribution in [0, 0.1) is 0 Å². The molecule has 4 aromatic rings. The van der Waals surface area contributed by atoms with Crippen LogP contribution in [-0.2, 0) is 16.1 Å². The summed E-state index contributed by atoms with van der Waals surface area (Å²) in [6.45, 7) is 5.98. The topological polar surface area (TPSA) is 47.4 Å². The van der Waals surface area contributed by atoms with Gasteiger partial charge < -0.3 is 14.2 Å². The van der Waals surface area contributed by atoms with Crippen molar-refractivity contribution in [3.05, 3.63) is 96.6 Å². The molecule has 5 nitrogen and oxygen atoms in total. The van der Waals surface area contributed by atoms with Gasteiger partial charge in [-0.2, -0.15) is 0 Å². The van der Waals surface area contributed by atoms with Gasteiger partial charge in [-0.1, -0.05) is 103 Å². The van der Waals surface area contributed by atoms with Crippen molar-refractivity contribution in [2.24, 2.45) is 0 Å². The Hall–Kier alpha value is -3.35. The van der Waals surface area contributed by atoms with Gasteiger partial charge in [0, 0.05) is 24.2 Å². The molecule has 184 valence electrons. The molecule has 36 heavy (non-hydrogen) atoms. The second kappa shape index (κ2) is 11.1. The number of carbonyl (C=O) groups excluding carboxylic acids is 1. The van der Waals surface area contributed by atoms with Crippen molar-refractivity contribution in [2.75, 3.05) is 18.8 Å². The zero-order valence-corrected chi connectivity index (χ0v) is 21.5. The number of aromatic nitrogens is 2. The number of carbonyl (C=O) groups is 1. The Balaban J connectivity index is 1.53. The van der Waals surface area contributed by atoms with Crippen LogP contribution >= 0.6 is 11.8 Å². The maximum absolute atomic E-state index is 13.2. The molecule has 0 N–H and O–H groups in total. The Kier molecular flexibility index (Phi) is 7.54. The van der Waals surface area contributed by atoms with Gasteiger partial charge in [0.15, 0.2) is 5.16 Å². The van der Waals surface area contributed by atoms with E-state index in [1.807, 2.05) is 49.1 Å². The summed E-state index contributed by atoms with van der Waals surface area (Å²) in [7, 11) is 0. The van der Waals surface area contributed by atoms with E-state index in [0.717, 1.165) is 27.7 Å². The number of ether oxygens (including phenoxy) is 1. The van der Waals surface area contributed by atoms with Crippen LogP contribution in [0.2, 0.25) is 0 Å². The number of hydrogen-bond donors (Lipinski definition) is 0. The first kappa shape index (κ1) is 24.3. The first-order chi connectivity index (χ1) is 17.6. The molecule has 1 fully saturated rings. The molecule has 6 heteroatoms. The predicted octanol–water partition coefficient (Wildman–Crippen LogP) is 5.99. The zero-order chi connectivity index (χ0) is 24.9. The molecule has 3 aromatic carbocycles. The molecular formula is C30H31N3O2S. The van der Waals surface area contributed by atoms with E-state index in [1.165, 1.54) is 17.3 Å². The maximum Gasteiger partial charge on any atom is 0.233 e. The standard InChI is InChI=1S/C30H31N3O2S/c1-22-18-32(19-23(2)35-22)27(34)21-36-30-31-28(25-14-8-4-9-15-25)29(26-16-10-5-11-17-26)33(30)20-24-12-6-3-7-13-24/h3-17,22-23H,18-21H2,1-2H3/t22-,23-/m0/s1. The van der Waals surface area contributed by atoms with E-state index >= 15 is 0 Å². The van der Waals surface area contributed by atoms with Crippen LogP contribution < -0.4 is 0 Å². The third kappa shape index (κ3) is 5.55. The summed E-state index contributed by atoms with van der Waals surface area (Å²) in [5.41, 5.74) is 5.35. The van der Waals surface area contributed by atoms with Gasteiger partial charge >= 0.3 is 0 Å². The summed E-state index contributed by atoms with van der Waals surface area (Å²) in [6.07, 6.45) is 0.106. The van der Waals surface area contributed by atoms with Gasteiger partial charge in [0.1, 0.15) is 0 Å². The van der Waals surface area contributed by atoms with Gasteiger partial charge in [-0.15, -0.1) is 0 Å². The fraction of sp³-hybridized carbons (Fsp3) is 0.267. The fourth-order valence-electron chi connectivity index (χ4n) is 4.74. The van der Waals surface area contributed by atoms with Crippen LogP contribution in [-0.4, -0.2) is 51.4 Å². The Morgan fingerprint density at radius 2 is 1.42 bits per heavy atom. The molecule has 0 unspecified atom stereocenters. The Labute approximate surface area is 217 Å². The number of morpholine rings is 1. The second-order valence-electron chi connectivity index (χ2n) is 9.24. The summed E-state index contributed by atoms with van der Waals surface area (Å²) >= 11 is 1.51. The number of thioether (sulfide) groups is 1. The molecule has 1 aliphatic heterocycles. The molecular weight excluding hydrogens is 466 g/mol. The summed E-state index contributed by atoms with van der Waals surface area (Å²) in [4.78, 5) is 20.2. The zero-order valence-electron chi connectivity index (χ0n) is 20.7. The highest BCUT2D eigenvalue weighted by Crippen LogP contribution is 2.36. The summed E-state index contributed by atoms with van der Waals surface area (Å²) in [6, 6.07) is 31.1. The van der Waals surface area contributed by atoms with E-state index in [1.54, 1.807) is 0 Å². The molecule has 2 heterocycles. The fourth-order valence-corrected chi connectivity index (χ4v) is 5.64. The number of hydrogen-bond acceptors (Lipinski definition) is 4. The maximum atomic E-state index is 13.2. The van der Waals surface area contributed by atoms with Gasteiger partial charge in [0.05, 0.1) is 35.9 Å². The van der Waals surface area contributed by atoms with E-state index in [4.69, 9.17) is 9.72 Å². The lowest BCUT2D eigenvalue weighted by molar-refractivity contribution is -0.140. The number of rotatable bonds is 7. The lowest BCUT2D eigenvalue weighted by Gasteiger charge is -2.35. The second-order valence-corrected chi connectivity index (χ2v) is 10.2. The van der Waals surface area contributed by atoms with Crippen LogP contribution in [0.4, 0.5) is 0 Å². The third-order valence-electron chi connectivity index (χ3n) is 6.31. The predicted molar refractivity (Wildman–Crippen MR) is 146 cm³/mol. The molecule has 1 aliphatic rings. The van der Waals surface area contributed by atoms with Crippen molar-refractivity contribution >= 4 is 17.7 Å². The molecule has 1 amide bonds. The highest BCUT2D eigenvalue weighted by atomic mass is 32.2. The number of imidazole rings is 1. The molecule has 0 aliphatic carbocycles. The molecule has 0 spiro atoms. The van der Waals surface area contributed by atoms with Crippen molar-refractivity contribution in [1.82, 2.24) is 14.5 Å². The minimum Gasteiger partial charge on any atom is -0.372 e. The average molecular weight is 498 g/mol. The molecule has 1 saturated heterocycles. The highest BCUT2D eigenvalue weighted by molar-refractivity contribution is 7.99. The molecule has 2 atom stereocenters. The van der Waals surface area contributed by atoms with Crippen molar-refractivity contribution in [2.45, 2.75) is 37.8 Å². The van der Waals surface area contributed by atoms with E-state index in [0.29, 0.717) is 25.4 Å². The monoisotopic (exact) mass is 497 g/mol. The van der Waals surface area contributed by atoms with Crippen LogP contribution in [0.5, 0.6) is 0 Å². The van der Waals surface area contributed by atoms with E-state index in [9.17, 15) is 4.79 Å². The molecule has 1 aromatic heterocycles. The largest absolute Gasteiger partial charge is 0.372 e. The molecule has 0 saturated carbocycles. The Morgan fingerprint density at radius 1 is 0.861 bits per heavy atom. The normalized spacial score (nSPS) is 17.8. The van der Waals surface area contributed by atoms with Crippen molar-refractivity contribution < 1.29 is 9.53 Å². The van der Waals surface area contributed by atoms with Crippen LogP contribution in [0.25, 0.3) is 22.5 Å². The smallest absolute Gasteiger partial charge is 0.233 e. The van der Waals surface area contributed by atoms with E-state index in [-0.39, 0.29) is 18.1 Å². The van der Waals surface area contributed by atoms with Crippen LogP contribution in [0.1, 0.15) is 19.4 Å². The highest BCUT2D eigenvalue weighted by Gasteiger charge is 2.27. The Morgan fingerprint density at radius 3 is 2.03 bits per heavy atom. The summed E-state index contributed by atoms with van der Waals surface area (Å²) < 4.78 is 8.07. The third-order valence-corrected chi connectivity index (χ3v) is 7.27. The minimum atomic E-state index is 0.0529. The van der Waals surface area contributed by atoms with Gasteiger partial charge in [-0.05, 0) is 19.4 Å². The van der Waals surface area contributed by atoms with Gasteiger partial charge in [-0.25, -0.2) is 4.98 Å². The average Bonchev–Trinajstić information content (AvgIpc) is 3.26. The summed E-state index contributed by atoms with van der Waals surface area (Å²) in [5, 5.41) is 0.847. The van der Waals surface area contributed by atoms with Gasteiger partial charge in [0.25, 0.3) is 0 Å². The first-order valence-corrected chi connectivity index (χ1v) is 13.4. The molecule has 0 bridgehead atoms. The van der Waals surface area contributed by atoms with Crippen molar-refractivity contribution in [3.8, 4) is 22.5 Å². The Bertz CT molecular complexity index is 1280. The van der Waals surface area contributed by atoms with Crippen molar-refractivity contribution in [1.29, 1.82) is 0 Å². The van der Waals surface area contributed by atoms with Gasteiger partial charge in [-0.3, -0.25) is 4.79 Å². The lowest BCUT2D eigenvalue weighted by Crippen LogP contribution is -2.48. The van der Waals surface area contributed by atoms with E-state index in [2.05, 4.69) is 65.2 Å². The SMILES string of the molecule is C[C@H]1CN(C(=O)CSc2nc(-c3ccccc3)c(-c3ccccc3)n2Cc2ccccc2)C[C@H](C)O1. The number of nitrogens with zero attached hydrogens (tertiary/aromatic N) is 3. The summed E-state index contributed by atoms with van der Waals surface area (Å²) in [5.74, 6) is 0.465. The van der Waals surface area contributed by atoms with Crippen LogP contribution in [0.3, 0.4) is 0 Å². The van der Waals surface area contributed by atoms with Crippen molar-refractivity contribution in [3.63, 3.8) is 0 Å². The van der Waals surface area contributed by atoms with E-state index < -0.39 is 0 Å². The minimum absolute atomic E-state index is 0.0529. The first-order valence-electron chi connectivity index (χ1n) is 12.4.